The maximum Gasteiger partial charge on any atom is 0.0420 e. The maximum atomic E-state index is 5.28. The van der Waals surface area contributed by atoms with Crippen LogP contribution in [0.15, 0.2) is 0 Å². The van der Waals surface area contributed by atoms with Crippen molar-refractivity contribution < 1.29 is 0 Å². The monoisotopic (exact) mass is 109 g/mol. The van der Waals surface area contributed by atoms with Gasteiger partial charge in [-0.15, -0.1) is 6.42 Å². The lowest BCUT2D eigenvalue weighted by atomic mass is 9.91. The molecule has 1 nitrogen and oxygen atoms in total. The Balaban J connectivity index is 2.56. The predicted octanol–water partition coefficient (Wildman–Crippen LogP) is 0.619. The summed E-state index contributed by atoms with van der Waals surface area (Å²) < 4.78 is 0. The van der Waals surface area contributed by atoms with Gasteiger partial charge < -0.3 is 5.32 Å². The van der Waals surface area contributed by atoms with Crippen LogP contribution in [0.4, 0.5) is 0 Å². The van der Waals surface area contributed by atoms with Gasteiger partial charge >= 0.3 is 0 Å². The molecular formula is C7H11N. The molecule has 0 aliphatic carbocycles. The van der Waals surface area contributed by atoms with Crippen molar-refractivity contribution in [3.63, 3.8) is 0 Å². The summed E-state index contributed by atoms with van der Waals surface area (Å²) in [5.41, 5.74) is 0.153. The van der Waals surface area contributed by atoms with Crippen LogP contribution in [0, 0.1) is 17.8 Å². The normalized spacial score (nSPS) is 37.0. The Morgan fingerprint density at radius 2 is 2.50 bits per heavy atom. The summed E-state index contributed by atoms with van der Waals surface area (Å²) in [6.45, 7) is 4.19. The molecule has 1 unspecified atom stereocenters. The molecule has 1 N–H and O–H groups in total. The Kier molecular flexibility index (Phi) is 1.27. The van der Waals surface area contributed by atoms with Gasteiger partial charge in [-0.2, -0.15) is 0 Å². The van der Waals surface area contributed by atoms with Gasteiger partial charge in [0.05, 0.1) is 0 Å². The molecule has 1 heteroatoms. The van der Waals surface area contributed by atoms with Gasteiger partial charge in [-0.05, 0) is 19.9 Å². The molecule has 0 radical (unpaired) electrons. The van der Waals surface area contributed by atoms with Crippen LogP contribution in [0.5, 0.6) is 0 Å². The maximum absolute atomic E-state index is 5.28. The molecule has 1 rings (SSSR count). The fourth-order valence-electron chi connectivity index (χ4n) is 0.940. The van der Waals surface area contributed by atoms with Crippen LogP contribution in [-0.2, 0) is 0 Å². The first kappa shape index (κ1) is 5.65. The molecule has 1 aliphatic heterocycles. The number of rotatable bonds is 0. The van der Waals surface area contributed by atoms with Crippen molar-refractivity contribution in [3.8, 4) is 12.3 Å². The van der Waals surface area contributed by atoms with Crippen LogP contribution >= 0.6 is 0 Å². The second-order valence-corrected chi connectivity index (χ2v) is 2.63. The van der Waals surface area contributed by atoms with E-state index in [4.69, 9.17) is 6.42 Å². The minimum atomic E-state index is 0.153. The van der Waals surface area contributed by atoms with Crippen molar-refractivity contribution in [1.29, 1.82) is 0 Å². The molecule has 0 aromatic heterocycles. The second kappa shape index (κ2) is 1.80. The topological polar surface area (TPSA) is 12.0 Å². The van der Waals surface area contributed by atoms with Gasteiger partial charge in [-0.3, -0.25) is 0 Å². The Labute approximate surface area is 50.5 Å². The van der Waals surface area contributed by atoms with Crippen LogP contribution in [0.25, 0.3) is 0 Å². The summed E-state index contributed by atoms with van der Waals surface area (Å²) in [5.74, 6) is 2.78. The Bertz CT molecular complexity index is 115. The molecule has 0 bridgehead atoms. The van der Waals surface area contributed by atoms with E-state index >= 15 is 0 Å². The van der Waals surface area contributed by atoms with E-state index in [9.17, 15) is 0 Å². The van der Waals surface area contributed by atoms with Crippen molar-refractivity contribution in [2.45, 2.75) is 13.3 Å². The lowest BCUT2D eigenvalue weighted by Crippen LogP contribution is -2.17. The van der Waals surface area contributed by atoms with Crippen LogP contribution in [-0.4, -0.2) is 13.1 Å². The Morgan fingerprint density at radius 1 is 1.75 bits per heavy atom. The molecule has 8 heavy (non-hydrogen) atoms. The van der Waals surface area contributed by atoms with Crippen molar-refractivity contribution in [2.75, 3.05) is 13.1 Å². The smallest absolute Gasteiger partial charge is 0.0420 e. The van der Waals surface area contributed by atoms with E-state index < -0.39 is 0 Å². The van der Waals surface area contributed by atoms with E-state index in [1.807, 2.05) is 0 Å². The van der Waals surface area contributed by atoms with E-state index in [2.05, 4.69) is 18.2 Å². The van der Waals surface area contributed by atoms with Gasteiger partial charge in [0.15, 0.2) is 0 Å². The molecular weight excluding hydrogens is 98.1 g/mol. The van der Waals surface area contributed by atoms with E-state index in [0.717, 1.165) is 19.5 Å². The van der Waals surface area contributed by atoms with Gasteiger partial charge in [0.25, 0.3) is 0 Å². The molecule has 0 amide bonds. The SMILES string of the molecule is C#CC1(C)CCNC1. The molecule has 0 aromatic rings. The zero-order chi connectivity index (χ0) is 6.04. The first-order chi connectivity index (χ1) is 3.77. The van der Waals surface area contributed by atoms with Crippen molar-refractivity contribution in [1.82, 2.24) is 5.32 Å². The summed E-state index contributed by atoms with van der Waals surface area (Å²) in [6.07, 6.45) is 6.41. The molecule has 1 saturated heterocycles. The average molecular weight is 109 g/mol. The molecule has 0 saturated carbocycles. The van der Waals surface area contributed by atoms with E-state index in [1.54, 1.807) is 0 Å². The molecule has 1 fully saturated rings. The average Bonchev–Trinajstić information content (AvgIpc) is 2.17. The van der Waals surface area contributed by atoms with Crippen molar-refractivity contribution in [2.24, 2.45) is 5.41 Å². The standard InChI is InChI=1S/C7H11N/c1-3-7(2)4-5-8-6-7/h1,8H,4-6H2,2H3. The van der Waals surface area contributed by atoms with Gasteiger partial charge in [0.1, 0.15) is 0 Å². The predicted molar refractivity (Wildman–Crippen MR) is 34.4 cm³/mol. The molecule has 1 heterocycles. The highest BCUT2D eigenvalue weighted by atomic mass is 14.9. The summed E-state index contributed by atoms with van der Waals surface area (Å²) in [6, 6.07) is 0. The van der Waals surface area contributed by atoms with E-state index in [0.29, 0.717) is 0 Å². The largest absolute Gasteiger partial charge is 0.315 e. The third-order valence-electron chi connectivity index (χ3n) is 1.72. The minimum Gasteiger partial charge on any atom is -0.315 e. The van der Waals surface area contributed by atoms with Gasteiger partial charge in [0, 0.05) is 12.0 Å². The highest BCUT2D eigenvalue weighted by Gasteiger charge is 2.24. The molecule has 1 aliphatic rings. The number of hydrogen-bond donors (Lipinski definition) is 1. The zero-order valence-corrected chi connectivity index (χ0v) is 5.20. The minimum absolute atomic E-state index is 0.153. The second-order valence-electron chi connectivity index (χ2n) is 2.63. The summed E-state index contributed by atoms with van der Waals surface area (Å²) in [7, 11) is 0. The first-order valence-corrected chi connectivity index (χ1v) is 2.95. The number of hydrogen-bond acceptors (Lipinski definition) is 1. The Morgan fingerprint density at radius 3 is 2.75 bits per heavy atom. The van der Waals surface area contributed by atoms with Crippen LogP contribution in [0.1, 0.15) is 13.3 Å². The molecule has 44 valence electrons. The summed E-state index contributed by atoms with van der Waals surface area (Å²) in [4.78, 5) is 0. The third-order valence-corrected chi connectivity index (χ3v) is 1.72. The van der Waals surface area contributed by atoms with E-state index in [1.165, 1.54) is 0 Å². The molecule has 0 spiro atoms. The molecule has 1 atom stereocenters. The third kappa shape index (κ3) is 0.850. The van der Waals surface area contributed by atoms with Crippen molar-refractivity contribution >= 4 is 0 Å². The zero-order valence-electron chi connectivity index (χ0n) is 5.20. The fourth-order valence-corrected chi connectivity index (χ4v) is 0.940. The lowest BCUT2D eigenvalue weighted by molar-refractivity contribution is 0.504. The van der Waals surface area contributed by atoms with Gasteiger partial charge in [-0.1, -0.05) is 5.92 Å². The summed E-state index contributed by atoms with van der Waals surface area (Å²) >= 11 is 0. The van der Waals surface area contributed by atoms with Crippen molar-refractivity contribution in [3.05, 3.63) is 0 Å². The highest BCUT2D eigenvalue weighted by molar-refractivity contribution is 5.07. The van der Waals surface area contributed by atoms with E-state index in [-0.39, 0.29) is 5.41 Å². The van der Waals surface area contributed by atoms with Gasteiger partial charge in [0.2, 0.25) is 0 Å². The Hall–Kier alpha value is -0.480. The number of terminal acetylenes is 1. The van der Waals surface area contributed by atoms with Gasteiger partial charge in [-0.25, -0.2) is 0 Å². The highest BCUT2D eigenvalue weighted by Crippen LogP contribution is 2.21. The van der Waals surface area contributed by atoms with Crippen LogP contribution in [0.3, 0.4) is 0 Å². The summed E-state index contributed by atoms with van der Waals surface area (Å²) in [5, 5.41) is 3.22. The fraction of sp³-hybridized carbons (Fsp3) is 0.714. The quantitative estimate of drug-likeness (QED) is 0.450. The number of nitrogens with one attached hydrogen (secondary N) is 1. The lowest BCUT2D eigenvalue weighted by Gasteiger charge is -2.11. The molecule has 0 aromatic carbocycles. The first-order valence-electron chi connectivity index (χ1n) is 2.95. The van der Waals surface area contributed by atoms with Crippen LogP contribution in [0.2, 0.25) is 0 Å². The van der Waals surface area contributed by atoms with Crippen LogP contribution < -0.4 is 5.32 Å².